The molecule has 0 radical (unpaired) electrons. The average Bonchev–Trinajstić information content (AvgIpc) is 4.33. The zero-order valence-electron chi connectivity index (χ0n) is 45.8. The van der Waals surface area contributed by atoms with Gasteiger partial charge < -0.3 is 44.4 Å². The van der Waals surface area contributed by atoms with Crippen LogP contribution >= 0.6 is 11.3 Å². The smallest absolute Gasteiger partial charge is 0.319 e. The van der Waals surface area contributed by atoms with Crippen LogP contribution in [0.15, 0.2) is 76.9 Å². The van der Waals surface area contributed by atoms with Crippen molar-refractivity contribution in [3.8, 4) is 33.5 Å². The summed E-state index contributed by atoms with van der Waals surface area (Å²) in [5, 5.41) is 31.2. The van der Waals surface area contributed by atoms with E-state index in [9.17, 15) is 24.6 Å². The van der Waals surface area contributed by atoms with E-state index in [2.05, 4.69) is 30.2 Å². The van der Waals surface area contributed by atoms with Gasteiger partial charge in [-0.2, -0.15) is 9.97 Å². The van der Waals surface area contributed by atoms with Gasteiger partial charge in [0.2, 0.25) is 18.2 Å². The van der Waals surface area contributed by atoms with Crippen LogP contribution in [0.2, 0.25) is 0 Å². The fraction of sp³-hybridized carbons (Fsp3) is 0.467. The lowest BCUT2D eigenvalue weighted by molar-refractivity contribution is -0.141. The summed E-state index contributed by atoms with van der Waals surface area (Å²) in [6.45, 7) is 15.2. The molecule has 5 aliphatic heterocycles. The molecule has 1 spiro atoms. The number of aliphatic hydroxyl groups excluding tert-OH is 1. The van der Waals surface area contributed by atoms with Gasteiger partial charge in [-0.3, -0.25) is 24.3 Å². The zero-order chi connectivity index (χ0) is 55.6. The predicted molar refractivity (Wildman–Crippen MR) is 303 cm³/mol. The lowest BCUT2D eigenvalue weighted by atomic mass is 9.72. The number of nitrogens with zero attached hydrogens (tertiary/aromatic N) is 10. The van der Waals surface area contributed by atoms with Crippen molar-refractivity contribution < 1.29 is 38.2 Å². The van der Waals surface area contributed by atoms with Gasteiger partial charge in [-0.15, -0.1) is 11.3 Å². The largest absolute Gasteiger partial charge is 0.508 e. The van der Waals surface area contributed by atoms with Crippen molar-refractivity contribution in [1.29, 1.82) is 0 Å². The number of fused-ring (bicyclic) bond motifs is 4. The number of halogens is 1. The van der Waals surface area contributed by atoms with E-state index in [1.54, 1.807) is 29.7 Å². The third-order valence-corrected chi connectivity index (χ3v) is 18.6. The molecule has 5 fully saturated rings. The Morgan fingerprint density at radius 2 is 1.75 bits per heavy atom. The van der Waals surface area contributed by atoms with Crippen LogP contribution in [0.25, 0.3) is 43.4 Å². The highest BCUT2D eigenvalue weighted by molar-refractivity contribution is 7.13. The molecule has 0 saturated carbocycles. The number of hydrogen-bond acceptors (Lipinski definition) is 16. The van der Waals surface area contributed by atoms with Gasteiger partial charge >= 0.3 is 6.01 Å². The number of amides is 3. The number of benzene rings is 3. The van der Waals surface area contributed by atoms with Gasteiger partial charge in [0.05, 0.1) is 33.6 Å². The standard InChI is InChI=1S/C60H68FN11O7S/c1-6-37-8-7-9-40-22-43(74)23-45(51(37)40)53-52(61)54-46(26-62-53)56(69-27-41-14-15-42(28-69)72(41)33-73)66-59(65-54)78-21-20-68-18-16-60(17-19-68)30-70(31-60)49-25-48(79-67-49)50(34(2)3)58(77)71-29-44(75)24-47(71)57(76)64-35(4)38-10-12-39(13-11-38)55-36(5)63-32-80-55/h7-13,22-23,25-26,32-35,41-42,44,47,50,74-75H,6,14-21,24,27-31H2,1-5H3,(H,64,76)/t35-,41?,42?,44+,47-,50+/m0/s1. The molecule has 2 bridgehead atoms. The number of ether oxygens (including phenoxy) is 1. The Morgan fingerprint density at radius 3 is 2.45 bits per heavy atom. The highest BCUT2D eigenvalue weighted by Crippen LogP contribution is 2.44. The highest BCUT2D eigenvalue weighted by Gasteiger charge is 2.48. The number of thiazole rings is 1. The number of carbonyl (C=O) groups is 3. The second kappa shape index (κ2) is 21.6. The third-order valence-electron chi connectivity index (χ3n) is 17.6. The summed E-state index contributed by atoms with van der Waals surface area (Å²) in [6.07, 6.45) is 6.27. The number of likely N-dealkylation sites (tertiary alicyclic amines) is 2. The number of carbonyl (C=O) groups excluding carboxylic acids is 3. The van der Waals surface area contributed by atoms with Crippen molar-refractivity contribution >= 4 is 62.9 Å². The molecule has 5 aliphatic rings. The van der Waals surface area contributed by atoms with E-state index >= 15 is 4.39 Å². The first-order chi connectivity index (χ1) is 38.7. The molecule has 3 amide bonds. The second-order valence-corrected chi connectivity index (χ2v) is 23.9. The number of phenolic OH excluding ortho intramolecular Hbond substituents is 1. The van der Waals surface area contributed by atoms with E-state index in [1.807, 2.05) is 93.6 Å². The number of aromatic nitrogens is 5. The van der Waals surface area contributed by atoms with E-state index in [-0.39, 0.29) is 83.8 Å². The molecule has 5 saturated heterocycles. The van der Waals surface area contributed by atoms with Crippen molar-refractivity contribution in [2.75, 3.05) is 68.8 Å². The molecule has 418 valence electrons. The number of rotatable bonds is 16. The van der Waals surface area contributed by atoms with Crippen molar-refractivity contribution in [3.05, 3.63) is 101 Å². The first kappa shape index (κ1) is 53.4. The topological polar surface area (TPSA) is 207 Å². The average molecular weight is 1110 g/mol. The van der Waals surface area contributed by atoms with Gasteiger partial charge in [-0.05, 0) is 105 Å². The van der Waals surface area contributed by atoms with Crippen molar-refractivity contribution in [1.82, 2.24) is 45.1 Å². The molecule has 12 rings (SSSR count). The predicted octanol–water partition coefficient (Wildman–Crippen LogP) is 8.04. The van der Waals surface area contributed by atoms with E-state index < -0.39 is 23.9 Å². The molecule has 80 heavy (non-hydrogen) atoms. The minimum absolute atomic E-state index is 0.0112. The molecule has 6 atom stereocenters. The molecule has 3 aromatic carbocycles. The SMILES string of the molecule is CCc1cccc2cc(O)cc(-c3ncc4c(N5CC6CCC(C5)N6C=O)nc(OCCN5CCC6(CC5)CN(c5cc([C@H](C(=O)N7C[C@H](O)C[C@H]7C(=O)N[C@@H](C)c7ccc(-c8scnc8C)cc7)C(C)C)on5)C6)nc4c3F)c12. The number of pyridine rings is 1. The van der Waals surface area contributed by atoms with Crippen LogP contribution < -0.4 is 19.9 Å². The number of nitrogens with one attached hydrogen (secondary N) is 1. The number of piperazine rings is 1. The van der Waals surface area contributed by atoms with Gasteiger partial charge in [0.1, 0.15) is 41.3 Å². The molecule has 0 aliphatic carbocycles. The number of aliphatic hydroxyl groups is 1. The summed E-state index contributed by atoms with van der Waals surface area (Å²) in [5.74, 6) is -0.444. The molecule has 3 N–H and O–H groups in total. The fourth-order valence-corrected chi connectivity index (χ4v) is 14.0. The lowest BCUT2D eigenvalue weighted by Crippen LogP contribution is -2.60. The summed E-state index contributed by atoms with van der Waals surface area (Å²) >= 11 is 1.59. The Bertz CT molecular complexity index is 3450. The van der Waals surface area contributed by atoms with Crippen LogP contribution in [0.5, 0.6) is 11.8 Å². The molecular formula is C60H68FN11O7S. The fourth-order valence-electron chi connectivity index (χ4n) is 13.2. The summed E-state index contributed by atoms with van der Waals surface area (Å²) in [6, 6.07) is 17.9. The van der Waals surface area contributed by atoms with Crippen LogP contribution in [-0.2, 0) is 20.8 Å². The Labute approximate surface area is 467 Å². The van der Waals surface area contributed by atoms with Gasteiger partial charge in [-0.1, -0.05) is 68.4 Å². The van der Waals surface area contributed by atoms with Crippen molar-refractivity contribution in [2.45, 2.75) is 109 Å². The van der Waals surface area contributed by atoms with Crippen molar-refractivity contribution in [3.63, 3.8) is 0 Å². The zero-order valence-corrected chi connectivity index (χ0v) is 46.7. The molecule has 9 heterocycles. The molecule has 20 heteroatoms. The minimum Gasteiger partial charge on any atom is -0.508 e. The maximum atomic E-state index is 17.2. The van der Waals surface area contributed by atoms with Gasteiger partial charge in [0, 0.05) is 81.0 Å². The monoisotopic (exact) mass is 1110 g/mol. The maximum Gasteiger partial charge on any atom is 0.319 e. The Hall–Kier alpha value is -7.29. The van der Waals surface area contributed by atoms with E-state index in [1.165, 1.54) is 4.90 Å². The minimum atomic E-state index is -0.836. The number of aryl methyl sites for hydroxylation is 2. The molecular weight excluding hydrogens is 1040 g/mol. The summed E-state index contributed by atoms with van der Waals surface area (Å²) in [7, 11) is 0. The van der Waals surface area contributed by atoms with Crippen LogP contribution in [0, 0.1) is 24.1 Å². The second-order valence-electron chi connectivity index (χ2n) is 23.1. The van der Waals surface area contributed by atoms with E-state index in [0.717, 1.165) is 96.3 Å². The van der Waals surface area contributed by atoms with Crippen LogP contribution in [0.4, 0.5) is 16.0 Å². The molecule has 2 unspecified atom stereocenters. The normalized spacial score (nSPS) is 21.6. The third kappa shape index (κ3) is 9.96. The van der Waals surface area contributed by atoms with Crippen LogP contribution in [-0.4, -0.2) is 151 Å². The van der Waals surface area contributed by atoms with E-state index in [0.29, 0.717) is 54.4 Å². The van der Waals surface area contributed by atoms with Gasteiger partial charge in [0.25, 0.3) is 0 Å². The van der Waals surface area contributed by atoms with Crippen LogP contribution in [0.3, 0.4) is 0 Å². The first-order valence-electron chi connectivity index (χ1n) is 28.1. The summed E-state index contributed by atoms with van der Waals surface area (Å²) in [5.41, 5.74) is 6.55. The summed E-state index contributed by atoms with van der Waals surface area (Å²) in [4.78, 5) is 70.2. The number of aromatic hydroxyl groups is 1. The summed E-state index contributed by atoms with van der Waals surface area (Å²) < 4.78 is 29.5. The first-order valence-corrected chi connectivity index (χ1v) is 29.0. The number of piperidine rings is 1. The van der Waals surface area contributed by atoms with Gasteiger partial charge in [-0.25, -0.2) is 9.37 Å². The maximum absolute atomic E-state index is 17.2. The van der Waals surface area contributed by atoms with Crippen molar-refractivity contribution in [2.24, 2.45) is 11.3 Å². The van der Waals surface area contributed by atoms with E-state index in [4.69, 9.17) is 24.2 Å². The van der Waals surface area contributed by atoms with Gasteiger partial charge in [0.15, 0.2) is 17.4 Å². The number of β-amino-alcohol motifs (C(OH)–C–C–N with tert-alkyl or cyclic N) is 1. The number of anilines is 2. The highest BCUT2D eigenvalue weighted by atomic mass is 32.1. The quantitative estimate of drug-likeness (QED) is 0.0783. The Morgan fingerprint density at radius 1 is 0.988 bits per heavy atom. The number of phenols is 1. The molecule has 7 aromatic rings. The molecule has 18 nitrogen and oxygen atoms in total. The Balaban J connectivity index is 0.681. The number of hydrogen-bond donors (Lipinski definition) is 3. The molecule has 4 aromatic heterocycles. The lowest BCUT2D eigenvalue weighted by Gasteiger charge is -2.54. The van der Waals surface area contributed by atoms with Crippen LogP contribution in [0.1, 0.15) is 94.3 Å². The Kier molecular flexibility index (Phi) is 14.4.